The molecule has 1 aromatic rings. The van der Waals surface area contributed by atoms with Crippen LogP contribution in [0.4, 0.5) is 5.69 Å². The number of carbonyl (C=O) groups is 3. The monoisotopic (exact) mass is 559 g/mol. The minimum absolute atomic E-state index is 0.0280. The first kappa shape index (κ1) is 18.4. The van der Waals surface area contributed by atoms with Crippen molar-refractivity contribution in [2.24, 2.45) is 17.8 Å². The van der Waals surface area contributed by atoms with Crippen molar-refractivity contribution in [2.45, 2.75) is 80.9 Å². The summed E-state index contributed by atoms with van der Waals surface area (Å²) in [5, 5.41) is 5.55. The molecule has 3 aliphatic heterocycles. The summed E-state index contributed by atoms with van der Waals surface area (Å²) >= 11 is 1.16. The predicted octanol–water partition coefficient (Wildman–Crippen LogP) is 3.38. The molecule has 4 saturated carbocycles. The molecule has 3 heterocycles. The van der Waals surface area contributed by atoms with Gasteiger partial charge >= 0.3 is 0 Å². The summed E-state index contributed by atoms with van der Waals surface area (Å²) in [6, 6.07) is 4.34. The highest BCUT2D eigenvalue weighted by atomic mass is 32.2. The number of anilines is 1. The first-order chi connectivity index (χ1) is 21.9. The number of piperidine rings is 1. The number of carbonyl (C=O) groups excluding carboxylic acids is 3. The summed E-state index contributed by atoms with van der Waals surface area (Å²) in [6.07, 6.45) is 4.48. The van der Waals surface area contributed by atoms with E-state index in [4.69, 9.17) is 11.0 Å². The molecule has 0 spiro atoms. The highest BCUT2D eigenvalue weighted by Crippen LogP contribution is 2.57. The van der Waals surface area contributed by atoms with E-state index in [1.807, 2.05) is 0 Å². The summed E-state index contributed by atoms with van der Waals surface area (Å²) in [5.41, 5.74) is -0.104. The Bertz CT molecular complexity index is 1450. The summed E-state index contributed by atoms with van der Waals surface area (Å²) in [6.45, 7) is -10.0. The number of piperazine rings is 1. The van der Waals surface area contributed by atoms with Gasteiger partial charge in [-0.3, -0.25) is 29.5 Å². The predicted molar refractivity (Wildman–Crippen MR) is 152 cm³/mol. The SMILES string of the molecule is [2H]C1([2H])N(CCSc2cccc3c2C(=O)N(C2CCC(=O)NC2=O)C(C)N3)C([2H])([2H])C([2H])([2H])N(C23CC4CC(CC(C4)C2)C3)C1([2H])[2H]. The number of benzene rings is 1. The number of imide groups is 1. The molecule has 2 saturated heterocycles. The number of fused-ring (bicyclic) bond motifs is 1. The molecule has 0 radical (unpaired) electrons. The highest BCUT2D eigenvalue weighted by molar-refractivity contribution is 7.99. The van der Waals surface area contributed by atoms with Gasteiger partial charge in [0.1, 0.15) is 6.04 Å². The number of hydrogen-bond donors (Lipinski definition) is 2. The van der Waals surface area contributed by atoms with Gasteiger partial charge in [0.05, 0.1) is 11.7 Å². The van der Waals surface area contributed by atoms with Crippen molar-refractivity contribution in [3.63, 3.8) is 0 Å². The number of nitrogens with zero attached hydrogens (tertiary/aromatic N) is 3. The average molecular weight is 560 g/mol. The number of thioether (sulfide) groups is 1. The van der Waals surface area contributed by atoms with Crippen LogP contribution in [0.15, 0.2) is 23.1 Å². The lowest BCUT2D eigenvalue weighted by atomic mass is 9.52. The smallest absolute Gasteiger partial charge is 0.259 e. The van der Waals surface area contributed by atoms with Crippen LogP contribution in [0.5, 0.6) is 0 Å². The fourth-order valence-corrected chi connectivity index (χ4v) is 9.17. The maximum atomic E-state index is 13.9. The van der Waals surface area contributed by atoms with Crippen molar-refractivity contribution < 1.29 is 25.3 Å². The molecule has 2 N–H and O–H groups in total. The second-order valence-electron chi connectivity index (χ2n) is 12.1. The third-order valence-corrected chi connectivity index (χ3v) is 10.5. The normalized spacial score (nSPS) is 44.8. The van der Waals surface area contributed by atoms with Crippen LogP contribution in [-0.2, 0) is 9.59 Å². The Labute approximate surface area is 246 Å². The molecule has 2 unspecified atom stereocenters. The van der Waals surface area contributed by atoms with Gasteiger partial charge in [0.25, 0.3) is 5.91 Å². The van der Waals surface area contributed by atoms with Gasteiger partial charge in [0, 0.05) is 71.8 Å². The zero-order valence-electron chi connectivity index (χ0n) is 30.2. The lowest BCUT2D eigenvalue weighted by molar-refractivity contribution is -0.137. The molecule has 8 rings (SSSR count). The zero-order chi connectivity index (χ0) is 33.9. The Morgan fingerprint density at radius 1 is 1.03 bits per heavy atom. The molecule has 9 heteroatoms. The Balaban J connectivity index is 1.14. The van der Waals surface area contributed by atoms with Gasteiger partial charge < -0.3 is 10.2 Å². The lowest BCUT2D eigenvalue weighted by Gasteiger charge is -2.61. The summed E-state index contributed by atoms with van der Waals surface area (Å²) in [7, 11) is 0. The molecule has 4 aliphatic carbocycles. The van der Waals surface area contributed by atoms with Crippen LogP contribution < -0.4 is 10.6 Å². The molecule has 6 fully saturated rings. The van der Waals surface area contributed by atoms with E-state index in [-0.39, 0.29) is 31.0 Å². The fraction of sp³-hybridized carbons (Fsp3) is 0.700. The summed E-state index contributed by atoms with van der Waals surface area (Å²) in [4.78, 5) is 41.9. The minimum Gasteiger partial charge on any atom is -0.365 e. The lowest BCUT2D eigenvalue weighted by Crippen LogP contribution is -2.63. The first-order valence-electron chi connectivity index (χ1n) is 18.2. The number of rotatable bonds is 6. The Morgan fingerprint density at radius 2 is 1.72 bits per heavy atom. The maximum absolute atomic E-state index is 13.9. The van der Waals surface area contributed by atoms with E-state index in [1.165, 1.54) is 4.90 Å². The van der Waals surface area contributed by atoms with Crippen molar-refractivity contribution in [3.8, 4) is 0 Å². The quantitative estimate of drug-likeness (QED) is 0.408. The number of nitrogens with one attached hydrogen (secondary N) is 2. The van der Waals surface area contributed by atoms with Crippen LogP contribution in [0.2, 0.25) is 0 Å². The van der Waals surface area contributed by atoms with Crippen LogP contribution in [0.1, 0.15) is 79.6 Å². The Morgan fingerprint density at radius 3 is 2.38 bits per heavy atom. The van der Waals surface area contributed by atoms with Gasteiger partial charge in [-0.2, -0.15) is 0 Å². The van der Waals surface area contributed by atoms with E-state index in [0.29, 0.717) is 58.1 Å². The van der Waals surface area contributed by atoms with Crippen molar-refractivity contribution in [1.82, 2.24) is 20.0 Å². The molecule has 210 valence electrons. The van der Waals surface area contributed by atoms with Crippen LogP contribution in [0.25, 0.3) is 0 Å². The van der Waals surface area contributed by atoms with Gasteiger partial charge in [-0.05, 0) is 81.8 Å². The summed E-state index contributed by atoms with van der Waals surface area (Å²) in [5.74, 6) is -0.352. The van der Waals surface area contributed by atoms with Gasteiger partial charge in [-0.1, -0.05) is 6.07 Å². The molecule has 1 aromatic carbocycles. The molecular formula is C30H41N5O3S. The molecule has 2 atom stereocenters. The number of amides is 3. The molecule has 7 aliphatic rings. The van der Waals surface area contributed by atoms with Gasteiger partial charge in [-0.25, -0.2) is 0 Å². The molecule has 3 amide bonds. The Kier molecular flexibility index (Phi) is 4.74. The van der Waals surface area contributed by atoms with E-state index >= 15 is 0 Å². The Hall–Kier alpha value is -2.10. The van der Waals surface area contributed by atoms with E-state index in [9.17, 15) is 14.4 Å². The average Bonchev–Trinajstić information content (AvgIpc) is 2.94. The zero-order valence-corrected chi connectivity index (χ0v) is 23.0. The van der Waals surface area contributed by atoms with Crippen LogP contribution in [-0.4, -0.2) is 88.5 Å². The van der Waals surface area contributed by atoms with Crippen molar-refractivity contribution in [3.05, 3.63) is 23.8 Å². The molecule has 39 heavy (non-hydrogen) atoms. The van der Waals surface area contributed by atoms with Crippen LogP contribution in [0, 0.1) is 17.8 Å². The maximum Gasteiger partial charge on any atom is 0.259 e. The van der Waals surface area contributed by atoms with E-state index in [0.717, 1.165) is 35.9 Å². The molecular weight excluding hydrogens is 510 g/mol. The van der Waals surface area contributed by atoms with Crippen molar-refractivity contribution in [1.29, 1.82) is 0 Å². The second-order valence-corrected chi connectivity index (χ2v) is 13.2. The molecule has 8 nitrogen and oxygen atoms in total. The molecule has 0 aromatic heterocycles. The second kappa shape index (κ2) is 10.1. The summed E-state index contributed by atoms with van der Waals surface area (Å²) < 4.78 is 72.8. The van der Waals surface area contributed by atoms with Crippen molar-refractivity contribution in [2.75, 3.05) is 43.6 Å². The minimum atomic E-state index is -2.88. The topological polar surface area (TPSA) is 85.0 Å². The van der Waals surface area contributed by atoms with Gasteiger partial charge in [0.2, 0.25) is 11.8 Å². The van der Waals surface area contributed by atoms with Gasteiger partial charge in [0.15, 0.2) is 0 Å². The highest BCUT2D eigenvalue weighted by Gasteiger charge is 2.53. The van der Waals surface area contributed by atoms with Crippen LogP contribution >= 0.6 is 11.8 Å². The molecule has 4 bridgehead atoms. The van der Waals surface area contributed by atoms with Crippen molar-refractivity contribution >= 4 is 35.2 Å². The third kappa shape index (κ3) is 4.68. The van der Waals surface area contributed by atoms with E-state index in [1.54, 1.807) is 25.1 Å². The van der Waals surface area contributed by atoms with Gasteiger partial charge in [-0.15, -0.1) is 11.8 Å². The van der Waals surface area contributed by atoms with E-state index in [2.05, 4.69) is 10.6 Å². The fourth-order valence-electron chi connectivity index (χ4n) is 8.16. The standard InChI is InChI=1S/C30H41N5O3S/c1-19-31-23-3-2-4-25(27(23)29(38)35(19)24-5-6-26(36)32-28(24)37)39-12-11-33-7-9-34(10-8-33)30-16-20-13-21(17-30)15-22(14-20)18-30/h2-4,19-22,24,31H,5-18H2,1H3,(H,32,36,37)/i7D2,8D2,9D2,10D2. The first-order valence-corrected chi connectivity index (χ1v) is 15.2. The third-order valence-electron chi connectivity index (χ3n) is 9.45. The van der Waals surface area contributed by atoms with Crippen LogP contribution in [0.3, 0.4) is 0 Å². The number of hydrogen-bond acceptors (Lipinski definition) is 7. The largest absolute Gasteiger partial charge is 0.365 e. The van der Waals surface area contributed by atoms with E-state index < -0.39 is 55.5 Å².